The van der Waals surface area contributed by atoms with Crippen LogP contribution < -0.4 is 10.1 Å². The summed E-state index contributed by atoms with van der Waals surface area (Å²) in [4.78, 5) is 11.1. The molecule has 2 aromatic carbocycles. The summed E-state index contributed by atoms with van der Waals surface area (Å²) in [6, 6.07) is 12.1. The Morgan fingerprint density at radius 1 is 1.16 bits per heavy atom. The zero-order valence-electron chi connectivity index (χ0n) is 11.1. The molecule has 100 valence electrons. The fourth-order valence-corrected chi connectivity index (χ4v) is 2.05. The van der Waals surface area contributed by atoms with Crippen molar-refractivity contribution in [2.45, 2.75) is 6.54 Å². The van der Waals surface area contributed by atoms with E-state index < -0.39 is 0 Å². The first-order valence-electron chi connectivity index (χ1n) is 6.08. The van der Waals surface area contributed by atoms with Crippen LogP contribution in [0, 0.1) is 0 Å². The molecule has 1 N–H and O–H groups in total. The molecular formula is C15H17NO3. The van der Waals surface area contributed by atoms with E-state index in [2.05, 4.69) is 16.1 Å². The molecule has 0 radical (unpaired) electrons. The number of ether oxygens (including phenoxy) is 2. The van der Waals surface area contributed by atoms with Crippen molar-refractivity contribution in [1.29, 1.82) is 0 Å². The molecule has 0 saturated carbocycles. The van der Waals surface area contributed by atoms with E-state index in [0.717, 1.165) is 22.1 Å². The Hall–Kier alpha value is -2.07. The highest BCUT2D eigenvalue weighted by atomic mass is 16.5. The molecule has 0 heterocycles. The van der Waals surface area contributed by atoms with Crippen molar-refractivity contribution >= 4 is 16.7 Å². The summed E-state index contributed by atoms with van der Waals surface area (Å²) in [6.07, 6.45) is 0. The quantitative estimate of drug-likeness (QED) is 0.835. The molecule has 2 aromatic rings. The Morgan fingerprint density at radius 2 is 1.95 bits per heavy atom. The highest BCUT2D eigenvalue weighted by Crippen LogP contribution is 2.27. The van der Waals surface area contributed by atoms with Crippen LogP contribution >= 0.6 is 0 Å². The van der Waals surface area contributed by atoms with Crippen molar-refractivity contribution in [3.05, 3.63) is 42.0 Å². The molecule has 0 unspecified atom stereocenters. The van der Waals surface area contributed by atoms with Crippen molar-refractivity contribution in [1.82, 2.24) is 5.32 Å². The molecule has 0 aromatic heterocycles. The van der Waals surface area contributed by atoms with Gasteiger partial charge in [0, 0.05) is 12.1 Å². The van der Waals surface area contributed by atoms with Gasteiger partial charge in [-0.2, -0.15) is 0 Å². The molecule has 0 amide bonds. The van der Waals surface area contributed by atoms with Crippen molar-refractivity contribution in [2.75, 3.05) is 20.8 Å². The molecule has 4 nitrogen and oxygen atoms in total. The van der Waals surface area contributed by atoms with Gasteiger partial charge in [0.05, 0.1) is 20.8 Å². The van der Waals surface area contributed by atoms with Gasteiger partial charge < -0.3 is 14.8 Å². The number of fused-ring (bicyclic) bond motifs is 1. The van der Waals surface area contributed by atoms with Crippen molar-refractivity contribution < 1.29 is 14.3 Å². The number of methoxy groups -OCH3 is 2. The number of nitrogens with one attached hydrogen (secondary N) is 1. The SMILES string of the molecule is COC(=O)CNCc1c(OC)ccc2ccccc12. The third-order valence-corrected chi connectivity index (χ3v) is 3.02. The first kappa shape index (κ1) is 13.4. The van der Waals surface area contributed by atoms with Gasteiger partial charge in [0.15, 0.2) is 0 Å². The molecular weight excluding hydrogens is 242 g/mol. The van der Waals surface area contributed by atoms with Crippen LogP contribution in [-0.2, 0) is 16.1 Å². The maximum absolute atomic E-state index is 11.1. The second-order valence-corrected chi connectivity index (χ2v) is 4.15. The third-order valence-electron chi connectivity index (χ3n) is 3.02. The number of carbonyl (C=O) groups is 1. The average Bonchev–Trinajstić information content (AvgIpc) is 2.47. The maximum Gasteiger partial charge on any atom is 0.319 e. The second kappa shape index (κ2) is 6.20. The second-order valence-electron chi connectivity index (χ2n) is 4.15. The normalized spacial score (nSPS) is 10.4. The van der Waals surface area contributed by atoms with E-state index in [-0.39, 0.29) is 12.5 Å². The lowest BCUT2D eigenvalue weighted by atomic mass is 10.0. The molecule has 0 fully saturated rings. The largest absolute Gasteiger partial charge is 0.496 e. The highest BCUT2D eigenvalue weighted by molar-refractivity contribution is 5.87. The van der Waals surface area contributed by atoms with Gasteiger partial charge in [-0.15, -0.1) is 0 Å². The number of carbonyl (C=O) groups excluding carboxylic acids is 1. The highest BCUT2D eigenvalue weighted by Gasteiger charge is 2.08. The van der Waals surface area contributed by atoms with Gasteiger partial charge in [0.25, 0.3) is 0 Å². The lowest BCUT2D eigenvalue weighted by molar-refractivity contribution is -0.139. The van der Waals surface area contributed by atoms with Crippen LogP contribution in [0.1, 0.15) is 5.56 Å². The molecule has 2 rings (SSSR count). The number of hydrogen-bond donors (Lipinski definition) is 1. The smallest absolute Gasteiger partial charge is 0.319 e. The van der Waals surface area contributed by atoms with Crippen LogP contribution in [0.5, 0.6) is 5.75 Å². The lowest BCUT2D eigenvalue weighted by Gasteiger charge is -2.12. The minimum absolute atomic E-state index is 0.183. The first-order chi connectivity index (χ1) is 9.26. The summed E-state index contributed by atoms with van der Waals surface area (Å²) in [7, 11) is 3.02. The Kier molecular flexibility index (Phi) is 4.36. The molecule has 0 aliphatic heterocycles. The van der Waals surface area contributed by atoms with E-state index in [1.165, 1.54) is 7.11 Å². The molecule has 0 saturated heterocycles. The van der Waals surface area contributed by atoms with Gasteiger partial charge in [-0.25, -0.2) is 0 Å². The Bertz CT molecular complexity index is 581. The summed E-state index contributed by atoms with van der Waals surface area (Å²) in [5, 5.41) is 5.34. The minimum Gasteiger partial charge on any atom is -0.496 e. The van der Waals surface area contributed by atoms with E-state index in [1.807, 2.05) is 30.3 Å². The maximum atomic E-state index is 11.1. The Labute approximate surface area is 112 Å². The van der Waals surface area contributed by atoms with Gasteiger partial charge in [0.1, 0.15) is 5.75 Å². The van der Waals surface area contributed by atoms with Crippen molar-refractivity contribution in [3.63, 3.8) is 0 Å². The standard InChI is InChI=1S/C15H17NO3/c1-18-14-8-7-11-5-3-4-6-12(11)13(14)9-16-10-15(17)19-2/h3-8,16H,9-10H2,1-2H3. The molecule has 0 aliphatic carbocycles. The molecule has 0 atom stereocenters. The van der Waals surface area contributed by atoms with Crippen LogP contribution in [0.3, 0.4) is 0 Å². The van der Waals surface area contributed by atoms with E-state index in [4.69, 9.17) is 4.74 Å². The molecule has 19 heavy (non-hydrogen) atoms. The van der Waals surface area contributed by atoms with Gasteiger partial charge in [-0.1, -0.05) is 30.3 Å². The van der Waals surface area contributed by atoms with Crippen LogP contribution in [0.2, 0.25) is 0 Å². The third kappa shape index (κ3) is 3.03. The van der Waals surface area contributed by atoms with Gasteiger partial charge >= 0.3 is 5.97 Å². The molecule has 0 aliphatic rings. The van der Waals surface area contributed by atoms with E-state index in [1.54, 1.807) is 7.11 Å². The summed E-state index contributed by atoms with van der Waals surface area (Å²) >= 11 is 0. The number of esters is 1. The lowest BCUT2D eigenvalue weighted by Crippen LogP contribution is -2.23. The average molecular weight is 259 g/mol. The van der Waals surface area contributed by atoms with Crippen molar-refractivity contribution in [2.24, 2.45) is 0 Å². The molecule has 0 spiro atoms. The number of hydrogen-bond acceptors (Lipinski definition) is 4. The Balaban J connectivity index is 2.26. The molecule has 4 heteroatoms. The summed E-state index contributed by atoms with van der Waals surface area (Å²) in [6.45, 7) is 0.739. The zero-order chi connectivity index (χ0) is 13.7. The zero-order valence-corrected chi connectivity index (χ0v) is 11.1. The van der Waals surface area contributed by atoms with E-state index in [0.29, 0.717) is 6.54 Å². The van der Waals surface area contributed by atoms with E-state index in [9.17, 15) is 4.79 Å². The van der Waals surface area contributed by atoms with Gasteiger partial charge in [-0.05, 0) is 16.8 Å². The number of benzene rings is 2. The van der Waals surface area contributed by atoms with E-state index >= 15 is 0 Å². The number of rotatable bonds is 5. The minimum atomic E-state index is -0.279. The van der Waals surface area contributed by atoms with Gasteiger partial charge in [0.2, 0.25) is 0 Å². The monoisotopic (exact) mass is 259 g/mol. The van der Waals surface area contributed by atoms with Crippen LogP contribution in [0.25, 0.3) is 10.8 Å². The molecule has 0 bridgehead atoms. The summed E-state index contributed by atoms with van der Waals surface area (Å²) in [5.74, 6) is 0.537. The van der Waals surface area contributed by atoms with Crippen LogP contribution in [0.15, 0.2) is 36.4 Å². The summed E-state index contributed by atoms with van der Waals surface area (Å²) < 4.78 is 9.98. The predicted molar refractivity (Wildman–Crippen MR) is 74.2 cm³/mol. The first-order valence-corrected chi connectivity index (χ1v) is 6.08. The van der Waals surface area contributed by atoms with Crippen LogP contribution in [0.4, 0.5) is 0 Å². The van der Waals surface area contributed by atoms with Crippen LogP contribution in [-0.4, -0.2) is 26.7 Å². The fraction of sp³-hybridized carbons (Fsp3) is 0.267. The Morgan fingerprint density at radius 3 is 2.68 bits per heavy atom. The summed E-state index contributed by atoms with van der Waals surface area (Å²) in [5.41, 5.74) is 1.05. The predicted octanol–water partition coefficient (Wildman–Crippen LogP) is 2.11. The topological polar surface area (TPSA) is 47.6 Å². The van der Waals surface area contributed by atoms with Gasteiger partial charge in [-0.3, -0.25) is 4.79 Å². The van der Waals surface area contributed by atoms with Crippen molar-refractivity contribution in [3.8, 4) is 5.75 Å². The fourth-order valence-electron chi connectivity index (χ4n) is 2.05.